The number of rotatable bonds is 0. The minimum Gasteiger partial charge on any atom is -0.458 e. The number of fused-ring (bicyclic) bond motifs is 12. The highest BCUT2D eigenvalue weighted by atomic mass is 16.6. The zero-order valence-corrected chi connectivity index (χ0v) is 18.2. The van der Waals surface area contributed by atoms with Crippen molar-refractivity contribution in [3.05, 3.63) is 11.6 Å². The molecule has 5 saturated carbocycles. The lowest BCUT2D eigenvalue weighted by molar-refractivity contribution is -0.180. The fourth-order valence-electron chi connectivity index (χ4n) is 10.7. The molecule has 7 aliphatic rings. The van der Waals surface area contributed by atoms with Gasteiger partial charge in [0.2, 0.25) is 0 Å². The van der Waals surface area contributed by atoms with Gasteiger partial charge in [-0.05, 0) is 84.5 Å². The van der Waals surface area contributed by atoms with Crippen LogP contribution in [0.5, 0.6) is 0 Å². The maximum atomic E-state index is 12.3. The van der Waals surface area contributed by atoms with Gasteiger partial charge in [-0.1, -0.05) is 33.3 Å². The molecule has 0 N–H and O–H groups in total. The zero-order chi connectivity index (χ0) is 20.1. The van der Waals surface area contributed by atoms with Crippen LogP contribution in [0.25, 0.3) is 0 Å². The van der Waals surface area contributed by atoms with Crippen molar-refractivity contribution in [2.45, 2.75) is 71.8 Å². The van der Waals surface area contributed by atoms with Crippen molar-refractivity contribution in [1.82, 2.24) is 0 Å². The third-order valence-electron chi connectivity index (χ3n) is 11.9. The highest BCUT2D eigenvalue weighted by Gasteiger charge is 2.83. The molecule has 0 radical (unpaired) electrons. The molecule has 6 aliphatic carbocycles. The summed E-state index contributed by atoms with van der Waals surface area (Å²) < 4.78 is 6.31. The number of carbonyl (C=O) groups is 2. The lowest BCUT2D eigenvalue weighted by Crippen LogP contribution is -2.58. The number of ketones is 1. The van der Waals surface area contributed by atoms with Crippen molar-refractivity contribution in [2.75, 3.05) is 0 Å². The number of esters is 1. The van der Waals surface area contributed by atoms with Gasteiger partial charge in [0.1, 0.15) is 5.60 Å². The number of allylic oxidation sites excluding steroid dienone is 1. The molecule has 7 rings (SSSR count). The van der Waals surface area contributed by atoms with Crippen LogP contribution in [0.15, 0.2) is 11.6 Å². The smallest absolute Gasteiger partial charge is 0.306 e. The highest BCUT2D eigenvalue weighted by molar-refractivity contribution is 5.92. The Kier molecular flexibility index (Phi) is 2.94. The van der Waals surface area contributed by atoms with E-state index in [0.717, 1.165) is 42.9 Å². The van der Waals surface area contributed by atoms with Crippen molar-refractivity contribution >= 4 is 11.8 Å². The van der Waals surface area contributed by atoms with Gasteiger partial charge in [0.15, 0.2) is 5.78 Å². The van der Waals surface area contributed by atoms with Crippen molar-refractivity contribution in [3.63, 3.8) is 0 Å². The molecule has 6 unspecified atom stereocenters. The molecule has 0 bridgehead atoms. The molecular formula is C26H34O3. The molecular weight excluding hydrogens is 360 g/mol. The van der Waals surface area contributed by atoms with Crippen LogP contribution in [-0.2, 0) is 14.3 Å². The lowest BCUT2D eigenvalue weighted by atomic mass is 9.45. The Labute approximate surface area is 174 Å². The van der Waals surface area contributed by atoms with Gasteiger partial charge < -0.3 is 4.74 Å². The van der Waals surface area contributed by atoms with E-state index in [9.17, 15) is 9.59 Å². The quantitative estimate of drug-likeness (QED) is 0.555. The molecule has 0 aromatic rings. The van der Waals surface area contributed by atoms with Crippen LogP contribution < -0.4 is 0 Å². The van der Waals surface area contributed by atoms with Gasteiger partial charge in [-0.15, -0.1) is 0 Å². The predicted molar refractivity (Wildman–Crippen MR) is 109 cm³/mol. The third-order valence-corrected chi connectivity index (χ3v) is 11.9. The summed E-state index contributed by atoms with van der Waals surface area (Å²) in [5.74, 6) is 6.80. The first-order chi connectivity index (χ1) is 13.7. The van der Waals surface area contributed by atoms with Gasteiger partial charge in [-0.3, -0.25) is 9.59 Å². The number of carbonyl (C=O) groups excluding carboxylic acids is 2. The largest absolute Gasteiger partial charge is 0.458 e. The minimum atomic E-state index is -0.170. The molecule has 0 aromatic heterocycles. The van der Waals surface area contributed by atoms with Crippen molar-refractivity contribution < 1.29 is 14.3 Å². The molecule has 3 nitrogen and oxygen atoms in total. The summed E-state index contributed by atoms with van der Waals surface area (Å²) in [5.41, 5.74) is 1.74. The van der Waals surface area contributed by atoms with Crippen LogP contribution in [0.1, 0.15) is 66.2 Å². The molecule has 29 heavy (non-hydrogen) atoms. The average Bonchev–Trinajstić information content (AvgIpc) is 3.44. The van der Waals surface area contributed by atoms with Gasteiger partial charge in [-0.25, -0.2) is 0 Å². The van der Waals surface area contributed by atoms with Crippen molar-refractivity contribution in [1.29, 1.82) is 0 Å². The van der Waals surface area contributed by atoms with Gasteiger partial charge in [0.25, 0.3) is 0 Å². The van der Waals surface area contributed by atoms with E-state index >= 15 is 0 Å². The van der Waals surface area contributed by atoms with Crippen LogP contribution >= 0.6 is 0 Å². The molecule has 0 aromatic carbocycles. The summed E-state index contributed by atoms with van der Waals surface area (Å²) in [4.78, 5) is 24.6. The van der Waals surface area contributed by atoms with Crippen LogP contribution in [0.3, 0.4) is 0 Å². The first kappa shape index (κ1) is 17.5. The summed E-state index contributed by atoms with van der Waals surface area (Å²) in [7, 11) is 0. The normalized spacial score (nSPS) is 63.7. The van der Waals surface area contributed by atoms with E-state index in [1.807, 2.05) is 0 Å². The molecule has 1 aliphatic heterocycles. The molecule has 1 spiro atoms. The summed E-state index contributed by atoms with van der Waals surface area (Å²) in [6, 6.07) is 0. The number of ether oxygens (including phenoxy) is 1. The summed E-state index contributed by atoms with van der Waals surface area (Å²) in [5, 5.41) is 0. The standard InChI is InChI=1S/C26H34O3/c1-12-18-16-11-14(27)5-8-24(16,3)15-6-9-25(4)23(21(15)19(12)18)20-13(2)22(20)26(25)10-7-17(28)29-26/h11-13,15,18-23H,5-10H2,1-4H3/t12?,13?,15-,18?,19?,20?,21-,22?,23-,24+,25-,26-/m0/s1. The van der Waals surface area contributed by atoms with Crippen LogP contribution in [-0.4, -0.2) is 17.4 Å². The summed E-state index contributed by atoms with van der Waals surface area (Å²) in [6.45, 7) is 9.88. The molecule has 1 heterocycles. The van der Waals surface area contributed by atoms with Crippen molar-refractivity contribution in [3.8, 4) is 0 Å². The molecule has 12 atom stereocenters. The second kappa shape index (κ2) is 4.86. The second-order valence-electron chi connectivity index (χ2n) is 12.4. The Hall–Kier alpha value is -1.12. The molecule has 0 amide bonds. The maximum Gasteiger partial charge on any atom is 0.306 e. The average molecular weight is 395 g/mol. The highest BCUT2D eigenvalue weighted by Crippen LogP contribution is 2.84. The molecule has 3 heteroatoms. The first-order valence-electron chi connectivity index (χ1n) is 12.2. The monoisotopic (exact) mass is 394 g/mol. The topological polar surface area (TPSA) is 43.4 Å². The van der Waals surface area contributed by atoms with Gasteiger partial charge in [-0.2, -0.15) is 0 Å². The van der Waals surface area contributed by atoms with E-state index in [1.165, 1.54) is 18.4 Å². The van der Waals surface area contributed by atoms with Crippen molar-refractivity contribution in [2.24, 2.45) is 64.1 Å². The van der Waals surface area contributed by atoms with Crippen LogP contribution in [0.2, 0.25) is 0 Å². The lowest BCUT2D eigenvalue weighted by Gasteiger charge is -2.60. The van der Waals surface area contributed by atoms with Gasteiger partial charge >= 0.3 is 5.97 Å². The SMILES string of the molecule is CC1C2C3=CC(=O)CC[C@]3(C)[C@H]3CC[C@@]4(C)[C@@H](C5C(C)C5[C@@]45CCC(=O)O5)[C@@H]3C12. The van der Waals surface area contributed by atoms with E-state index in [-0.39, 0.29) is 22.4 Å². The Morgan fingerprint density at radius 2 is 1.72 bits per heavy atom. The number of hydrogen-bond donors (Lipinski definition) is 0. The predicted octanol–water partition coefficient (Wildman–Crippen LogP) is 4.80. The second-order valence-corrected chi connectivity index (χ2v) is 12.4. The first-order valence-corrected chi connectivity index (χ1v) is 12.2. The molecule has 156 valence electrons. The third kappa shape index (κ3) is 1.70. The summed E-state index contributed by atoms with van der Waals surface area (Å²) >= 11 is 0. The maximum absolute atomic E-state index is 12.3. The van der Waals surface area contributed by atoms with E-state index in [4.69, 9.17) is 4.74 Å². The van der Waals surface area contributed by atoms with Gasteiger partial charge in [0, 0.05) is 24.2 Å². The Bertz CT molecular complexity index is 888. The molecule has 1 saturated heterocycles. The van der Waals surface area contributed by atoms with Crippen LogP contribution in [0, 0.1) is 64.1 Å². The minimum absolute atomic E-state index is 0.0520. The van der Waals surface area contributed by atoms with Crippen LogP contribution in [0.4, 0.5) is 0 Å². The fraction of sp³-hybridized carbons (Fsp3) is 0.846. The fourth-order valence-corrected chi connectivity index (χ4v) is 10.7. The Morgan fingerprint density at radius 1 is 0.931 bits per heavy atom. The zero-order valence-electron chi connectivity index (χ0n) is 18.2. The van der Waals surface area contributed by atoms with E-state index in [0.29, 0.717) is 41.8 Å². The van der Waals surface area contributed by atoms with Gasteiger partial charge in [0.05, 0.1) is 0 Å². The summed E-state index contributed by atoms with van der Waals surface area (Å²) in [6.07, 6.45) is 7.91. The van der Waals surface area contributed by atoms with E-state index in [1.54, 1.807) is 0 Å². The Morgan fingerprint density at radius 3 is 2.45 bits per heavy atom. The Balaban J connectivity index is 1.36. The molecule has 6 fully saturated rings. The van der Waals surface area contributed by atoms with E-state index < -0.39 is 0 Å². The number of hydrogen-bond acceptors (Lipinski definition) is 3. The van der Waals surface area contributed by atoms with E-state index in [2.05, 4.69) is 33.8 Å².